The molecule has 1 aromatic carbocycles. The molecule has 102 valence electrons. The number of hydrogen-bond donors (Lipinski definition) is 1. The number of aryl methyl sites for hydroxylation is 2. The zero-order chi connectivity index (χ0) is 14.1. The Labute approximate surface area is 119 Å². The maximum absolute atomic E-state index is 12.0. The number of carbonyl (C=O) groups excluding carboxylic acids is 2. The first-order valence-electron chi connectivity index (χ1n) is 6.18. The van der Waals surface area contributed by atoms with Gasteiger partial charge in [-0.1, -0.05) is 6.07 Å². The lowest BCUT2D eigenvalue weighted by atomic mass is 10.0. The van der Waals surface area contributed by atoms with Crippen LogP contribution in [0.2, 0.25) is 0 Å². The number of ether oxygens (including phenoxy) is 1. The molecular formula is C14H12N2O3S. The van der Waals surface area contributed by atoms with Gasteiger partial charge in [-0.05, 0) is 25.0 Å². The van der Waals surface area contributed by atoms with Crippen LogP contribution in [0, 0.1) is 6.92 Å². The maximum atomic E-state index is 12.0. The van der Waals surface area contributed by atoms with Gasteiger partial charge in [0, 0.05) is 18.2 Å². The third-order valence-corrected chi connectivity index (χ3v) is 4.03. The van der Waals surface area contributed by atoms with Gasteiger partial charge in [0.25, 0.3) is 0 Å². The smallest absolute Gasteiger partial charge is 0.355 e. The Morgan fingerprint density at radius 3 is 3.00 bits per heavy atom. The number of hydrogen-bond acceptors (Lipinski definition) is 5. The second kappa shape index (κ2) is 5.05. The van der Waals surface area contributed by atoms with E-state index in [0.29, 0.717) is 34.8 Å². The van der Waals surface area contributed by atoms with Gasteiger partial charge >= 0.3 is 5.97 Å². The number of rotatable bonds is 2. The summed E-state index contributed by atoms with van der Waals surface area (Å²) in [5.74, 6) is -0.0184. The van der Waals surface area contributed by atoms with Crippen LogP contribution in [0.15, 0.2) is 23.7 Å². The molecule has 20 heavy (non-hydrogen) atoms. The fourth-order valence-corrected chi connectivity index (χ4v) is 2.74. The lowest BCUT2D eigenvalue weighted by molar-refractivity contribution is -0.116. The van der Waals surface area contributed by atoms with E-state index in [2.05, 4.69) is 10.3 Å². The van der Waals surface area contributed by atoms with E-state index >= 15 is 0 Å². The number of nitrogens with zero attached hydrogens (tertiary/aromatic N) is 1. The number of benzene rings is 1. The van der Waals surface area contributed by atoms with Crippen LogP contribution in [-0.4, -0.2) is 16.9 Å². The summed E-state index contributed by atoms with van der Waals surface area (Å²) in [5.41, 5.74) is 4.04. The summed E-state index contributed by atoms with van der Waals surface area (Å²) in [6.45, 7) is 1.76. The minimum Gasteiger partial charge on any atom is -0.422 e. The van der Waals surface area contributed by atoms with Gasteiger partial charge in [-0.25, -0.2) is 9.78 Å². The van der Waals surface area contributed by atoms with Crippen molar-refractivity contribution in [2.45, 2.75) is 19.8 Å². The SMILES string of the molecule is Cc1ncsc1C(=O)Oc1ccc2c(c1)NC(=O)CC2. The first-order valence-corrected chi connectivity index (χ1v) is 7.06. The normalized spacial score (nSPS) is 13.6. The van der Waals surface area contributed by atoms with E-state index in [0.717, 1.165) is 5.56 Å². The summed E-state index contributed by atoms with van der Waals surface area (Å²) in [4.78, 5) is 27.9. The van der Waals surface area contributed by atoms with Gasteiger partial charge in [0.1, 0.15) is 10.6 Å². The topological polar surface area (TPSA) is 68.3 Å². The number of anilines is 1. The molecule has 0 atom stereocenters. The van der Waals surface area contributed by atoms with Crippen LogP contribution in [0.4, 0.5) is 5.69 Å². The fraction of sp³-hybridized carbons (Fsp3) is 0.214. The Balaban J connectivity index is 1.82. The molecule has 0 fully saturated rings. The Bertz CT molecular complexity index is 693. The maximum Gasteiger partial charge on any atom is 0.355 e. The molecule has 2 aromatic rings. The summed E-state index contributed by atoms with van der Waals surface area (Å²) in [6.07, 6.45) is 1.20. The van der Waals surface area contributed by atoms with Crippen molar-refractivity contribution in [2.24, 2.45) is 0 Å². The van der Waals surface area contributed by atoms with Gasteiger partial charge in [-0.3, -0.25) is 4.79 Å². The molecule has 0 radical (unpaired) electrons. The van der Waals surface area contributed by atoms with Gasteiger partial charge in [0.05, 0.1) is 11.2 Å². The first-order chi connectivity index (χ1) is 9.63. The molecule has 1 aromatic heterocycles. The number of carbonyl (C=O) groups is 2. The number of thiazole rings is 1. The Kier molecular flexibility index (Phi) is 3.23. The van der Waals surface area contributed by atoms with E-state index in [9.17, 15) is 9.59 Å². The quantitative estimate of drug-likeness (QED) is 0.681. The highest BCUT2D eigenvalue weighted by atomic mass is 32.1. The predicted octanol–water partition coefficient (Wildman–Crippen LogP) is 2.56. The molecule has 0 unspecified atom stereocenters. The van der Waals surface area contributed by atoms with Crippen LogP contribution in [0.25, 0.3) is 0 Å². The fourth-order valence-electron chi connectivity index (χ4n) is 2.07. The van der Waals surface area contributed by atoms with Crippen molar-refractivity contribution < 1.29 is 14.3 Å². The highest BCUT2D eigenvalue weighted by Gasteiger charge is 2.18. The van der Waals surface area contributed by atoms with Crippen molar-refractivity contribution in [3.05, 3.63) is 39.8 Å². The lowest BCUT2D eigenvalue weighted by Gasteiger charge is -2.17. The Morgan fingerprint density at radius 1 is 1.40 bits per heavy atom. The summed E-state index contributed by atoms with van der Waals surface area (Å²) < 4.78 is 5.32. The highest BCUT2D eigenvalue weighted by molar-refractivity contribution is 7.11. The zero-order valence-electron chi connectivity index (χ0n) is 10.8. The minimum atomic E-state index is -0.424. The largest absolute Gasteiger partial charge is 0.422 e. The third-order valence-electron chi connectivity index (χ3n) is 3.12. The van der Waals surface area contributed by atoms with Crippen molar-refractivity contribution in [1.82, 2.24) is 4.98 Å². The summed E-state index contributed by atoms with van der Waals surface area (Å²) >= 11 is 1.25. The Hall–Kier alpha value is -2.21. The van der Waals surface area contributed by atoms with Crippen molar-refractivity contribution in [3.8, 4) is 5.75 Å². The van der Waals surface area contributed by atoms with E-state index in [1.165, 1.54) is 11.3 Å². The van der Waals surface area contributed by atoms with Gasteiger partial charge < -0.3 is 10.1 Å². The number of nitrogens with one attached hydrogen (secondary N) is 1. The van der Waals surface area contributed by atoms with Gasteiger partial charge in [0.15, 0.2) is 0 Å². The van der Waals surface area contributed by atoms with Crippen LogP contribution >= 0.6 is 11.3 Å². The molecule has 0 bridgehead atoms. The first kappa shape index (κ1) is 12.8. The van der Waals surface area contributed by atoms with Crippen LogP contribution in [-0.2, 0) is 11.2 Å². The molecule has 0 aliphatic carbocycles. The van der Waals surface area contributed by atoms with E-state index in [4.69, 9.17) is 4.74 Å². The van der Waals surface area contributed by atoms with Crippen LogP contribution in [0.5, 0.6) is 5.75 Å². The highest BCUT2D eigenvalue weighted by Crippen LogP contribution is 2.28. The predicted molar refractivity (Wildman–Crippen MR) is 75.2 cm³/mol. The summed E-state index contributed by atoms with van der Waals surface area (Å²) in [5, 5.41) is 2.78. The van der Waals surface area contributed by atoms with E-state index in [1.807, 2.05) is 6.07 Å². The van der Waals surface area contributed by atoms with E-state index < -0.39 is 5.97 Å². The number of aromatic nitrogens is 1. The molecule has 3 rings (SSSR count). The lowest BCUT2D eigenvalue weighted by Crippen LogP contribution is -2.19. The average Bonchev–Trinajstić information content (AvgIpc) is 2.84. The molecular weight excluding hydrogens is 276 g/mol. The molecule has 1 aliphatic rings. The molecule has 0 saturated carbocycles. The van der Waals surface area contributed by atoms with Crippen molar-refractivity contribution in [1.29, 1.82) is 0 Å². The number of esters is 1. The molecule has 1 aliphatic heterocycles. The molecule has 0 spiro atoms. The number of amides is 1. The summed E-state index contributed by atoms with van der Waals surface area (Å²) in [7, 11) is 0. The average molecular weight is 288 g/mol. The second-order valence-corrected chi connectivity index (χ2v) is 5.38. The van der Waals surface area contributed by atoms with E-state index in [1.54, 1.807) is 24.6 Å². The van der Waals surface area contributed by atoms with Crippen LogP contribution < -0.4 is 10.1 Å². The molecule has 6 heteroatoms. The third kappa shape index (κ3) is 2.42. The van der Waals surface area contributed by atoms with Crippen molar-refractivity contribution >= 4 is 28.9 Å². The van der Waals surface area contributed by atoms with Crippen LogP contribution in [0.3, 0.4) is 0 Å². The van der Waals surface area contributed by atoms with Crippen molar-refractivity contribution in [2.75, 3.05) is 5.32 Å². The minimum absolute atomic E-state index is 0.0146. The monoisotopic (exact) mass is 288 g/mol. The second-order valence-electron chi connectivity index (χ2n) is 4.52. The van der Waals surface area contributed by atoms with Crippen LogP contribution in [0.1, 0.15) is 27.3 Å². The van der Waals surface area contributed by atoms with Gasteiger partial charge in [-0.2, -0.15) is 0 Å². The molecule has 1 amide bonds. The van der Waals surface area contributed by atoms with Gasteiger partial charge in [0.2, 0.25) is 5.91 Å². The zero-order valence-corrected chi connectivity index (χ0v) is 11.6. The molecule has 1 N–H and O–H groups in total. The number of fused-ring (bicyclic) bond motifs is 1. The molecule has 2 heterocycles. The molecule has 0 saturated heterocycles. The van der Waals surface area contributed by atoms with Gasteiger partial charge in [-0.15, -0.1) is 11.3 Å². The molecule has 5 nitrogen and oxygen atoms in total. The van der Waals surface area contributed by atoms with E-state index in [-0.39, 0.29) is 5.91 Å². The standard InChI is InChI=1S/C14H12N2O3S/c1-8-13(20-7-15-8)14(18)19-10-4-2-9-3-5-12(17)16-11(9)6-10/h2,4,6-7H,3,5H2,1H3,(H,16,17). The van der Waals surface area contributed by atoms with Crippen molar-refractivity contribution in [3.63, 3.8) is 0 Å². The Morgan fingerprint density at radius 2 is 2.25 bits per heavy atom. The summed E-state index contributed by atoms with van der Waals surface area (Å²) in [6, 6.07) is 5.29.